The summed E-state index contributed by atoms with van der Waals surface area (Å²) in [5, 5.41) is 14.4. The molecule has 3 aromatic carbocycles. The lowest BCUT2D eigenvalue weighted by Crippen LogP contribution is -2.21. The molecule has 0 spiro atoms. The number of rotatable bonds is 7. The summed E-state index contributed by atoms with van der Waals surface area (Å²) in [6.45, 7) is 2.02. The van der Waals surface area contributed by atoms with Crippen molar-refractivity contribution in [3.05, 3.63) is 78.4 Å². The molecular weight excluding hydrogens is 425 g/mol. The molecule has 0 aliphatic rings. The largest absolute Gasteiger partial charge is 0.325 e. The van der Waals surface area contributed by atoms with Crippen LogP contribution in [-0.4, -0.2) is 45.4 Å². The first-order chi connectivity index (χ1) is 15.4. The third-order valence-corrected chi connectivity index (χ3v) is 6.19. The van der Waals surface area contributed by atoms with Crippen molar-refractivity contribution < 1.29 is 9.18 Å². The minimum Gasteiger partial charge on any atom is -0.325 e. The zero-order valence-corrected chi connectivity index (χ0v) is 18.9. The second-order valence-electron chi connectivity index (χ2n) is 7.69. The Balaban J connectivity index is 1.53. The average Bonchev–Trinajstić information content (AvgIpc) is 3.21. The van der Waals surface area contributed by atoms with Gasteiger partial charge in [0.1, 0.15) is 5.82 Å². The Kier molecular flexibility index (Phi) is 6.53. The predicted octanol–water partition coefficient (Wildman–Crippen LogP) is 4.91. The summed E-state index contributed by atoms with van der Waals surface area (Å²) in [4.78, 5) is 14.6. The number of nitrogens with one attached hydrogen (secondary N) is 1. The minimum absolute atomic E-state index is 0.0201. The number of benzene rings is 3. The lowest BCUT2D eigenvalue weighted by atomic mass is 10.1. The second-order valence-corrected chi connectivity index (χ2v) is 8.63. The van der Waals surface area contributed by atoms with Crippen LogP contribution in [0, 0.1) is 5.82 Å². The van der Waals surface area contributed by atoms with Crippen molar-refractivity contribution in [3.8, 4) is 5.69 Å². The SMILES string of the molecule is C[C@H](c1nnc(SCC(=O)Nc2ccc3ccccc3c2)n1-c1ccc(F)cc1)N(C)C. The lowest BCUT2D eigenvalue weighted by Gasteiger charge is -2.20. The maximum atomic E-state index is 13.5. The number of thioether (sulfide) groups is 1. The molecule has 0 radical (unpaired) electrons. The van der Waals surface area contributed by atoms with Gasteiger partial charge >= 0.3 is 0 Å². The number of carbonyl (C=O) groups excluding carboxylic acids is 1. The zero-order chi connectivity index (χ0) is 22.7. The summed E-state index contributed by atoms with van der Waals surface area (Å²) in [6, 6.07) is 20.0. The van der Waals surface area contributed by atoms with Gasteiger partial charge in [-0.25, -0.2) is 4.39 Å². The van der Waals surface area contributed by atoms with E-state index in [0.717, 1.165) is 28.0 Å². The van der Waals surface area contributed by atoms with Gasteiger partial charge in [0.2, 0.25) is 5.91 Å². The van der Waals surface area contributed by atoms with Gasteiger partial charge in [-0.2, -0.15) is 0 Å². The van der Waals surface area contributed by atoms with Crippen LogP contribution in [0.4, 0.5) is 10.1 Å². The number of halogens is 1. The molecule has 0 aliphatic carbocycles. The van der Waals surface area contributed by atoms with Crippen LogP contribution in [0.15, 0.2) is 71.9 Å². The van der Waals surface area contributed by atoms with Crippen LogP contribution in [0.1, 0.15) is 18.8 Å². The van der Waals surface area contributed by atoms with Crippen molar-refractivity contribution in [1.82, 2.24) is 19.7 Å². The van der Waals surface area contributed by atoms with Gasteiger partial charge in [-0.05, 0) is 68.2 Å². The lowest BCUT2D eigenvalue weighted by molar-refractivity contribution is -0.113. The maximum absolute atomic E-state index is 13.5. The first-order valence-electron chi connectivity index (χ1n) is 10.2. The molecule has 1 heterocycles. The van der Waals surface area contributed by atoms with Crippen molar-refractivity contribution >= 4 is 34.1 Å². The number of nitrogens with zero attached hydrogens (tertiary/aromatic N) is 4. The van der Waals surface area contributed by atoms with Gasteiger partial charge in [0.25, 0.3) is 0 Å². The maximum Gasteiger partial charge on any atom is 0.234 e. The molecule has 1 atom stereocenters. The summed E-state index contributed by atoms with van der Waals surface area (Å²) < 4.78 is 15.3. The van der Waals surface area contributed by atoms with E-state index in [1.807, 2.05) is 73.0 Å². The van der Waals surface area contributed by atoms with E-state index in [4.69, 9.17) is 0 Å². The van der Waals surface area contributed by atoms with Crippen LogP contribution >= 0.6 is 11.8 Å². The van der Waals surface area contributed by atoms with Gasteiger partial charge in [0.05, 0.1) is 11.8 Å². The fraction of sp³-hybridized carbons (Fsp3) is 0.208. The van der Waals surface area contributed by atoms with Crippen LogP contribution in [0.5, 0.6) is 0 Å². The predicted molar refractivity (Wildman–Crippen MR) is 127 cm³/mol. The molecular formula is C24H24FN5OS. The Morgan fingerprint density at radius 2 is 1.78 bits per heavy atom. The molecule has 0 saturated heterocycles. The summed E-state index contributed by atoms with van der Waals surface area (Å²) >= 11 is 1.29. The Morgan fingerprint density at radius 3 is 2.50 bits per heavy atom. The van der Waals surface area contributed by atoms with Crippen molar-refractivity contribution in [2.45, 2.75) is 18.1 Å². The fourth-order valence-electron chi connectivity index (χ4n) is 3.30. The Labute approximate surface area is 190 Å². The van der Waals surface area contributed by atoms with Crippen molar-refractivity contribution in [2.75, 3.05) is 25.2 Å². The van der Waals surface area contributed by atoms with Crippen LogP contribution in [0.2, 0.25) is 0 Å². The number of amides is 1. The van der Waals surface area contributed by atoms with E-state index in [0.29, 0.717) is 5.16 Å². The molecule has 0 bridgehead atoms. The third kappa shape index (κ3) is 4.81. The minimum atomic E-state index is -0.312. The highest BCUT2D eigenvalue weighted by Gasteiger charge is 2.21. The molecule has 4 rings (SSSR count). The van der Waals surface area contributed by atoms with Crippen LogP contribution in [0.25, 0.3) is 16.5 Å². The second kappa shape index (κ2) is 9.50. The van der Waals surface area contributed by atoms with E-state index in [9.17, 15) is 9.18 Å². The Morgan fingerprint density at radius 1 is 1.06 bits per heavy atom. The number of carbonyl (C=O) groups is 1. The third-order valence-electron chi connectivity index (χ3n) is 5.26. The van der Waals surface area contributed by atoms with Crippen molar-refractivity contribution in [3.63, 3.8) is 0 Å². The fourth-order valence-corrected chi connectivity index (χ4v) is 4.06. The molecule has 1 aromatic heterocycles. The van der Waals surface area contributed by atoms with E-state index in [2.05, 4.69) is 15.5 Å². The summed E-state index contributed by atoms with van der Waals surface area (Å²) in [5.74, 6) is 0.441. The summed E-state index contributed by atoms with van der Waals surface area (Å²) in [5.41, 5.74) is 1.49. The molecule has 0 saturated carbocycles. The molecule has 0 fully saturated rings. The van der Waals surface area contributed by atoms with E-state index in [1.54, 1.807) is 12.1 Å². The smallest absolute Gasteiger partial charge is 0.234 e. The molecule has 8 heteroatoms. The molecule has 0 aliphatic heterocycles. The van der Waals surface area contributed by atoms with Gasteiger partial charge in [0.15, 0.2) is 11.0 Å². The number of fused-ring (bicyclic) bond motifs is 1. The highest BCUT2D eigenvalue weighted by molar-refractivity contribution is 7.99. The van der Waals surface area contributed by atoms with Gasteiger partial charge in [-0.15, -0.1) is 10.2 Å². The first-order valence-corrected chi connectivity index (χ1v) is 11.2. The van der Waals surface area contributed by atoms with E-state index >= 15 is 0 Å². The van der Waals surface area contributed by atoms with Gasteiger partial charge in [-0.3, -0.25) is 14.3 Å². The van der Waals surface area contributed by atoms with Crippen LogP contribution in [-0.2, 0) is 4.79 Å². The van der Waals surface area contributed by atoms with Gasteiger partial charge in [-0.1, -0.05) is 42.1 Å². The first kappa shape index (κ1) is 22.0. The molecule has 32 heavy (non-hydrogen) atoms. The van der Waals surface area contributed by atoms with E-state index in [1.165, 1.54) is 23.9 Å². The van der Waals surface area contributed by atoms with E-state index in [-0.39, 0.29) is 23.5 Å². The molecule has 1 N–H and O–H groups in total. The highest BCUT2D eigenvalue weighted by Crippen LogP contribution is 2.27. The number of hydrogen-bond acceptors (Lipinski definition) is 5. The monoisotopic (exact) mass is 449 g/mol. The zero-order valence-electron chi connectivity index (χ0n) is 18.1. The number of anilines is 1. The quantitative estimate of drug-likeness (QED) is 0.406. The topological polar surface area (TPSA) is 63.1 Å². The van der Waals surface area contributed by atoms with Gasteiger partial charge < -0.3 is 5.32 Å². The van der Waals surface area contributed by atoms with E-state index < -0.39 is 0 Å². The molecule has 6 nitrogen and oxygen atoms in total. The normalized spacial score (nSPS) is 12.3. The molecule has 164 valence electrons. The van der Waals surface area contributed by atoms with Crippen molar-refractivity contribution in [2.24, 2.45) is 0 Å². The van der Waals surface area contributed by atoms with Crippen LogP contribution < -0.4 is 5.32 Å². The number of aromatic nitrogens is 3. The molecule has 1 amide bonds. The van der Waals surface area contributed by atoms with Crippen molar-refractivity contribution in [1.29, 1.82) is 0 Å². The van der Waals surface area contributed by atoms with Gasteiger partial charge in [0, 0.05) is 11.4 Å². The number of hydrogen-bond donors (Lipinski definition) is 1. The summed E-state index contributed by atoms with van der Waals surface area (Å²) in [6.07, 6.45) is 0. The Bertz CT molecular complexity index is 1240. The molecule has 0 unspecified atom stereocenters. The average molecular weight is 450 g/mol. The highest BCUT2D eigenvalue weighted by atomic mass is 32.2. The Hall–Kier alpha value is -3.23. The summed E-state index contributed by atoms with van der Waals surface area (Å²) in [7, 11) is 3.91. The standard InChI is InChI=1S/C24H24FN5OS/c1-16(29(2)3)23-27-28-24(30(23)21-12-9-19(25)10-13-21)32-15-22(31)26-20-11-8-17-6-4-5-7-18(17)14-20/h4-14,16H,15H2,1-3H3,(H,26,31)/t16-/m1/s1. The van der Waals surface area contributed by atoms with Crippen LogP contribution in [0.3, 0.4) is 0 Å². The molecule has 4 aromatic rings.